The van der Waals surface area contributed by atoms with Gasteiger partial charge in [0.15, 0.2) is 0 Å². The molecule has 1 aromatic heterocycles. The van der Waals surface area contributed by atoms with E-state index in [1.54, 1.807) is 6.33 Å². The fourth-order valence-corrected chi connectivity index (χ4v) is 2.98. The number of nitrogens with one attached hydrogen (secondary N) is 1. The molecule has 20 heavy (non-hydrogen) atoms. The molecule has 1 fully saturated rings. The normalized spacial score (nSPS) is 22.3. The Balaban J connectivity index is 1.67. The zero-order valence-electron chi connectivity index (χ0n) is 11.7. The van der Waals surface area contributed by atoms with E-state index in [1.807, 2.05) is 29.8 Å². The lowest BCUT2D eigenvalue weighted by molar-refractivity contribution is -0.117. The second-order valence-electron chi connectivity index (χ2n) is 5.67. The summed E-state index contributed by atoms with van der Waals surface area (Å²) in [5, 5.41) is 2.95. The SMILES string of the molecule is Cn1cnc2cc(NC(=O)C[C@@H]3CCC[C@H]3N)ccc21. The Morgan fingerprint density at radius 1 is 1.50 bits per heavy atom. The van der Waals surface area contributed by atoms with Crippen LogP contribution in [0, 0.1) is 5.92 Å². The largest absolute Gasteiger partial charge is 0.334 e. The number of nitrogens with two attached hydrogens (primary N) is 1. The van der Waals surface area contributed by atoms with E-state index in [0.717, 1.165) is 36.0 Å². The van der Waals surface area contributed by atoms with Crippen LogP contribution < -0.4 is 11.1 Å². The molecule has 5 nitrogen and oxygen atoms in total. The van der Waals surface area contributed by atoms with Crippen molar-refractivity contribution < 1.29 is 4.79 Å². The zero-order valence-corrected chi connectivity index (χ0v) is 11.7. The van der Waals surface area contributed by atoms with Crippen molar-refractivity contribution in [1.29, 1.82) is 0 Å². The number of amides is 1. The lowest BCUT2D eigenvalue weighted by Crippen LogP contribution is -2.28. The first-order chi connectivity index (χ1) is 9.63. The van der Waals surface area contributed by atoms with Crippen molar-refractivity contribution in [2.45, 2.75) is 31.7 Å². The van der Waals surface area contributed by atoms with E-state index in [0.29, 0.717) is 12.3 Å². The number of aryl methyl sites for hydroxylation is 1. The van der Waals surface area contributed by atoms with E-state index in [9.17, 15) is 4.79 Å². The van der Waals surface area contributed by atoms with Gasteiger partial charge < -0.3 is 15.6 Å². The molecule has 1 amide bonds. The molecule has 1 heterocycles. The molecule has 2 atom stereocenters. The van der Waals surface area contributed by atoms with Crippen molar-refractivity contribution in [1.82, 2.24) is 9.55 Å². The van der Waals surface area contributed by atoms with Crippen LogP contribution in [0.25, 0.3) is 11.0 Å². The summed E-state index contributed by atoms with van der Waals surface area (Å²) in [6.45, 7) is 0. The standard InChI is InChI=1S/C15H20N4O/c1-19-9-17-13-8-11(5-6-14(13)19)18-15(20)7-10-3-2-4-12(10)16/h5-6,8-10,12H,2-4,7,16H2,1H3,(H,18,20)/t10-,12+/m0/s1. The number of rotatable bonds is 3. The number of imidazole rings is 1. The predicted molar refractivity (Wildman–Crippen MR) is 79.3 cm³/mol. The van der Waals surface area contributed by atoms with Crippen LogP contribution in [0.15, 0.2) is 24.5 Å². The van der Waals surface area contributed by atoms with E-state index in [2.05, 4.69) is 10.3 Å². The Hall–Kier alpha value is -1.88. The predicted octanol–water partition coefficient (Wildman–Crippen LogP) is 2.03. The molecule has 5 heteroatoms. The molecule has 3 rings (SSSR count). The second kappa shape index (κ2) is 5.25. The summed E-state index contributed by atoms with van der Waals surface area (Å²) >= 11 is 0. The lowest BCUT2D eigenvalue weighted by atomic mass is 10.00. The number of hydrogen-bond acceptors (Lipinski definition) is 3. The van der Waals surface area contributed by atoms with E-state index >= 15 is 0 Å². The van der Waals surface area contributed by atoms with Gasteiger partial charge in [0.25, 0.3) is 0 Å². The van der Waals surface area contributed by atoms with Gasteiger partial charge in [-0.2, -0.15) is 0 Å². The second-order valence-corrected chi connectivity index (χ2v) is 5.67. The van der Waals surface area contributed by atoms with Crippen LogP contribution in [-0.2, 0) is 11.8 Å². The van der Waals surface area contributed by atoms with Gasteiger partial charge in [-0.3, -0.25) is 4.79 Å². The number of anilines is 1. The van der Waals surface area contributed by atoms with E-state index < -0.39 is 0 Å². The maximum Gasteiger partial charge on any atom is 0.224 e. The summed E-state index contributed by atoms with van der Waals surface area (Å²) in [4.78, 5) is 16.4. The molecule has 1 aliphatic rings. The van der Waals surface area contributed by atoms with Crippen molar-refractivity contribution in [3.63, 3.8) is 0 Å². The third-order valence-corrected chi connectivity index (χ3v) is 4.17. The van der Waals surface area contributed by atoms with E-state index in [1.165, 1.54) is 0 Å². The Labute approximate surface area is 118 Å². The van der Waals surface area contributed by atoms with E-state index in [-0.39, 0.29) is 11.9 Å². The minimum Gasteiger partial charge on any atom is -0.334 e. The Bertz CT molecular complexity index is 634. The van der Waals surface area contributed by atoms with E-state index in [4.69, 9.17) is 5.73 Å². The molecule has 0 spiro atoms. The Morgan fingerprint density at radius 3 is 3.10 bits per heavy atom. The highest BCUT2D eigenvalue weighted by molar-refractivity contribution is 5.93. The molecule has 0 unspecified atom stereocenters. The number of nitrogens with zero attached hydrogens (tertiary/aromatic N) is 2. The molecule has 1 aliphatic carbocycles. The van der Waals surface area contributed by atoms with Gasteiger partial charge in [-0.05, 0) is 37.0 Å². The summed E-state index contributed by atoms with van der Waals surface area (Å²) in [5.74, 6) is 0.371. The van der Waals surface area contributed by atoms with Gasteiger partial charge in [0, 0.05) is 25.2 Å². The van der Waals surface area contributed by atoms with Crippen LogP contribution in [-0.4, -0.2) is 21.5 Å². The van der Waals surface area contributed by atoms with Gasteiger partial charge in [-0.15, -0.1) is 0 Å². The highest BCUT2D eigenvalue weighted by atomic mass is 16.1. The van der Waals surface area contributed by atoms with Crippen molar-refractivity contribution >= 4 is 22.6 Å². The smallest absolute Gasteiger partial charge is 0.224 e. The lowest BCUT2D eigenvalue weighted by Gasteiger charge is -2.14. The molecular weight excluding hydrogens is 252 g/mol. The number of benzene rings is 1. The van der Waals surface area contributed by atoms with Crippen LogP contribution in [0.4, 0.5) is 5.69 Å². The van der Waals surface area contributed by atoms with Crippen LogP contribution in [0.5, 0.6) is 0 Å². The first kappa shape index (κ1) is 13.1. The summed E-state index contributed by atoms with van der Waals surface area (Å²) in [7, 11) is 1.95. The third-order valence-electron chi connectivity index (χ3n) is 4.17. The van der Waals surface area contributed by atoms with Gasteiger partial charge in [0.05, 0.1) is 17.4 Å². The Morgan fingerprint density at radius 2 is 2.35 bits per heavy atom. The highest BCUT2D eigenvalue weighted by Gasteiger charge is 2.26. The fourth-order valence-electron chi connectivity index (χ4n) is 2.98. The fraction of sp³-hybridized carbons (Fsp3) is 0.467. The molecule has 0 bridgehead atoms. The first-order valence-electron chi connectivity index (χ1n) is 7.10. The molecule has 0 radical (unpaired) electrons. The summed E-state index contributed by atoms with van der Waals surface area (Å²) < 4.78 is 1.96. The van der Waals surface area contributed by atoms with Crippen LogP contribution in [0.2, 0.25) is 0 Å². The minimum atomic E-state index is 0.0441. The van der Waals surface area contributed by atoms with Crippen molar-refractivity contribution in [3.8, 4) is 0 Å². The van der Waals surface area contributed by atoms with Crippen molar-refractivity contribution in [2.24, 2.45) is 18.7 Å². The molecule has 2 aromatic rings. The van der Waals surface area contributed by atoms with Crippen LogP contribution in [0.1, 0.15) is 25.7 Å². The number of hydrogen-bond donors (Lipinski definition) is 2. The van der Waals surface area contributed by atoms with Gasteiger partial charge >= 0.3 is 0 Å². The Kier molecular flexibility index (Phi) is 3.44. The molecule has 3 N–H and O–H groups in total. The van der Waals surface area contributed by atoms with Gasteiger partial charge in [0.2, 0.25) is 5.91 Å². The van der Waals surface area contributed by atoms with Crippen LogP contribution in [0.3, 0.4) is 0 Å². The average molecular weight is 272 g/mol. The molecule has 0 saturated heterocycles. The van der Waals surface area contributed by atoms with Crippen molar-refractivity contribution in [3.05, 3.63) is 24.5 Å². The number of aromatic nitrogens is 2. The molecule has 1 aromatic carbocycles. The monoisotopic (exact) mass is 272 g/mol. The average Bonchev–Trinajstić information content (AvgIpc) is 2.97. The number of fused-ring (bicyclic) bond motifs is 1. The topological polar surface area (TPSA) is 72.9 Å². The third kappa shape index (κ3) is 2.54. The maximum atomic E-state index is 12.1. The highest BCUT2D eigenvalue weighted by Crippen LogP contribution is 2.27. The van der Waals surface area contributed by atoms with Crippen molar-refractivity contribution in [2.75, 3.05) is 5.32 Å². The molecule has 0 aliphatic heterocycles. The van der Waals surface area contributed by atoms with Crippen LogP contribution >= 0.6 is 0 Å². The number of carbonyl (C=O) groups excluding carboxylic acids is 1. The summed E-state index contributed by atoms with van der Waals surface area (Å²) in [6.07, 6.45) is 5.53. The summed E-state index contributed by atoms with van der Waals surface area (Å²) in [5.41, 5.74) is 8.75. The number of carbonyl (C=O) groups is 1. The minimum absolute atomic E-state index is 0.0441. The molecular formula is C15H20N4O. The maximum absolute atomic E-state index is 12.1. The zero-order chi connectivity index (χ0) is 14.1. The van der Waals surface area contributed by atoms with Gasteiger partial charge in [-0.25, -0.2) is 4.98 Å². The van der Waals surface area contributed by atoms with Gasteiger partial charge in [-0.1, -0.05) is 6.42 Å². The summed E-state index contributed by atoms with van der Waals surface area (Å²) in [6, 6.07) is 5.97. The first-order valence-corrected chi connectivity index (χ1v) is 7.10. The quantitative estimate of drug-likeness (QED) is 0.898. The molecule has 1 saturated carbocycles. The molecule has 106 valence electrons. The van der Waals surface area contributed by atoms with Gasteiger partial charge in [0.1, 0.15) is 0 Å².